The highest BCUT2D eigenvalue weighted by molar-refractivity contribution is 7.90. The van der Waals surface area contributed by atoms with Crippen LogP contribution < -0.4 is 5.32 Å². The maximum absolute atomic E-state index is 11.6. The van der Waals surface area contributed by atoms with Crippen molar-refractivity contribution in [2.45, 2.75) is 48.7 Å². The fourth-order valence-electron chi connectivity index (χ4n) is 3.79. The number of sulfone groups is 1. The average molecular weight is 305 g/mol. The zero-order valence-corrected chi connectivity index (χ0v) is 12.8. The Bertz CT molecular complexity index is 784. The number of nitrogens with zero attached hydrogens (tertiary/aromatic N) is 2. The van der Waals surface area contributed by atoms with Crippen molar-refractivity contribution in [2.24, 2.45) is 0 Å². The number of nitrogens with one attached hydrogen (secondary N) is 1. The highest BCUT2D eigenvalue weighted by Crippen LogP contribution is 2.35. The van der Waals surface area contributed by atoms with Gasteiger partial charge in [-0.05, 0) is 43.9 Å². The summed E-state index contributed by atoms with van der Waals surface area (Å²) in [5.41, 5.74) is 1.80. The van der Waals surface area contributed by atoms with Gasteiger partial charge < -0.3 is 9.88 Å². The SMILES string of the molecule is CS(=O)(=O)c1ccc2c(c1)ncn2C1CC2CCC(C1)N2. The van der Waals surface area contributed by atoms with Gasteiger partial charge in [-0.25, -0.2) is 13.4 Å². The molecule has 2 saturated heterocycles. The Hall–Kier alpha value is -1.40. The number of fused-ring (bicyclic) bond motifs is 3. The summed E-state index contributed by atoms with van der Waals surface area (Å²) in [5.74, 6) is 0. The average Bonchev–Trinajstić information content (AvgIpc) is 3.00. The Kier molecular flexibility index (Phi) is 2.87. The normalized spacial score (nSPS) is 29.1. The van der Waals surface area contributed by atoms with Gasteiger partial charge in [0, 0.05) is 24.4 Å². The molecule has 112 valence electrons. The molecule has 0 saturated carbocycles. The van der Waals surface area contributed by atoms with Gasteiger partial charge in [0.1, 0.15) is 0 Å². The highest BCUT2D eigenvalue weighted by atomic mass is 32.2. The van der Waals surface area contributed by atoms with Gasteiger partial charge in [-0.2, -0.15) is 0 Å². The minimum absolute atomic E-state index is 0.339. The summed E-state index contributed by atoms with van der Waals surface area (Å²) in [6, 6.07) is 6.98. The Balaban J connectivity index is 1.74. The lowest BCUT2D eigenvalue weighted by Crippen LogP contribution is -2.38. The van der Waals surface area contributed by atoms with E-state index in [0.717, 1.165) is 23.9 Å². The molecule has 4 rings (SSSR count). The van der Waals surface area contributed by atoms with Crippen LogP contribution in [0.25, 0.3) is 11.0 Å². The summed E-state index contributed by atoms with van der Waals surface area (Å²) in [7, 11) is -3.18. The fourth-order valence-corrected chi connectivity index (χ4v) is 4.43. The van der Waals surface area contributed by atoms with Gasteiger partial charge in [0.25, 0.3) is 0 Å². The van der Waals surface area contributed by atoms with Crippen molar-refractivity contribution in [1.82, 2.24) is 14.9 Å². The first-order valence-electron chi connectivity index (χ1n) is 7.43. The van der Waals surface area contributed by atoms with Crippen LogP contribution >= 0.6 is 0 Å². The van der Waals surface area contributed by atoms with E-state index in [1.165, 1.54) is 19.1 Å². The molecular formula is C15H19N3O2S. The second-order valence-electron chi connectivity index (χ2n) is 6.34. The molecule has 1 N–H and O–H groups in total. The van der Waals surface area contributed by atoms with E-state index in [0.29, 0.717) is 23.0 Å². The lowest BCUT2D eigenvalue weighted by atomic mass is 9.99. The first-order chi connectivity index (χ1) is 10.0. The second-order valence-corrected chi connectivity index (χ2v) is 8.35. The van der Waals surface area contributed by atoms with Crippen LogP contribution in [-0.4, -0.2) is 36.3 Å². The maximum Gasteiger partial charge on any atom is 0.175 e. The van der Waals surface area contributed by atoms with Crippen LogP contribution in [0.5, 0.6) is 0 Å². The Labute approximate surface area is 124 Å². The molecule has 5 nitrogen and oxygen atoms in total. The number of hydrogen-bond acceptors (Lipinski definition) is 4. The van der Waals surface area contributed by atoms with Gasteiger partial charge in [0.05, 0.1) is 22.3 Å². The van der Waals surface area contributed by atoms with E-state index in [2.05, 4.69) is 14.9 Å². The monoisotopic (exact) mass is 305 g/mol. The van der Waals surface area contributed by atoms with Crippen LogP contribution in [0.4, 0.5) is 0 Å². The topological polar surface area (TPSA) is 64.0 Å². The van der Waals surface area contributed by atoms with E-state index < -0.39 is 9.84 Å². The van der Waals surface area contributed by atoms with Gasteiger partial charge in [0.2, 0.25) is 0 Å². The molecule has 2 aliphatic rings. The molecule has 2 aromatic rings. The third-order valence-corrected chi connectivity index (χ3v) is 5.93. The smallest absolute Gasteiger partial charge is 0.175 e. The van der Waals surface area contributed by atoms with Gasteiger partial charge in [-0.15, -0.1) is 0 Å². The molecule has 21 heavy (non-hydrogen) atoms. The lowest BCUT2D eigenvalue weighted by Gasteiger charge is -2.30. The summed E-state index contributed by atoms with van der Waals surface area (Å²) < 4.78 is 25.5. The van der Waals surface area contributed by atoms with E-state index in [1.54, 1.807) is 12.1 Å². The van der Waals surface area contributed by atoms with Crippen LogP contribution in [0.1, 0.15) is 31.7 Å². The van der Waals surface area contributed by atoms with Gasteiger partial charge in [0.15, 0.2) is 9.84 Å². The molecule has 0 aliphatic carbocycles. The van der Waals surface area contributed by atoms with Crippen LogP contribution in [0.15, 0.2) is 29.4 Å². The Morgan fingerprint density at radius 3 is 2.62 bits per heavy atom. The molecule has 0 radical (unpaired) electrons. The van der Waals surface area contributed by atoms with Crippen molar-refractivity contribution in [3.63, 3.8) is 0 Å². The van der Waals surface area contributed by atoms with Crippen molar-refractivity contribution in [3.8, 4) is 0 Å². The number of imidazole rings is 1. The van der Waals surface area contributed by atoms with Crippen molar-refractivity contribution < 1.29 is 8.42 Å². The number of rotatable bonds is 2. The number of benzene rings is 1. The first kappa shape index (κ1) is 13.3. The Morgan fingerprint density at radius 2 is 1.95 bits per heavy atom. The standard InChI is InChI=1S/C15H19N3O2S/c1-21(19,20)13-4-5-15-14(8-13)16-9-18(15)12-6-10-2-3-11(7-12)17-10/h4-5,8-12,17H,2-3,6-7H2,1H3. The summed E-state index contributed by atoms with van der Waals surface area (Å²) in [6.07, 6.45) is 7.91. The van der Waals surface area contributed by atoms with E-state index in [9.17, 15) is 8.42 Å². The van der Waals surface area contributed by atoms with Gasteiger partial charge in [-0.3, -0.25) is 0 Å². The minimum Gasteiger partial charge on any atom is -0.327 e. The van der Waals surface area contributed by atoms with Crippen molar-refractivity contribution >= 4 is 20.9 Å². The molecular weight excluding hydrogens is 286 g/mol. The number of piperidine rings is 1. The van der Waals surface area contributed by atoms with Crippen molar-refractivity contribution in [3.05, 3.63) is 24.5 Å². The summed E-state index contributed by atoms with van der Waals surface area (Å²) in [4.78, 5) is 4.76. The Morgan fingerprint density at radius 1 is 1.24 bits per heavy atom. The molecule has 3 heterocycles. The molecule has 1 aromatic heterocycles. The predicted octanol–water partition coefficient (Wildman–Crippen LogP) is 1.90. The molecule has 2 fully saturated rings. The quantitative estimate of drug-likeness (QED) is 0.920. The summed E-state index contributed by atoms with van der Waals surface area (Å²) >= 11 is 0. The van der Waals surface area contributed by atoms with E-state index in [-0.39, 0.29) is 0 Å². The maximum atomic E-state index is 11.6. The minimum atomic E-state index is -3.18. The van der Waals surface area contributed by atoms with Gasteiger partial charge >= 0.3 is 0 Å². The van der Waals surface area contributed by atoms with Gasteiger partial charge in [-0.1, -0.05) is 0 Å². The third kappa shape index (κ3) is 2.26. The van der Waals surface area contributed by atoms with Crippen molar-refractivity contribution in [2.75, 3.05) is 6.26 Å². The van der Waals surface area contributed by atoms with Crippen molar-refractivity contribution in [1.29, 1.82) is 0 Å². The predicted molar refractivity (Wildman–Crippen MR) is 81.1 cm³/mol. The third-order valence-electron chi connectivity index (χ3n) is 4.82. The fraction of sp³-hybridized carbons (Fsp3) is 0.533. The molecule has 2 atom stereocenters. The molecule has 1 aromatic carbocycles. The number of hydrogen-bond donors (Lipinski definition) is 1. The molecule has 2 bridgehead atoms. The van der Waals surface area contributed by atoms with Crippen LogP contribution in [0.2, 0.25) is 0 Å². The zero-order valence-electron chi connectivity index (χ0n) is 12.0. The van der Waals surface area contributed by atoms with Crippen LogP contribution in [0.3, 0.4) is 0 Å². The second kappa shape index (κ2) is 4.55. The summed E-state index contributed by atoms with van der Waals surface area (Å²) in [6.45, 7) is 0. The zero-order chi connectivity index (χ0) is 14.6. The molecule has 2 aliphatic heterocycles. The molecule has 0 amide bonds. The van der Waals surface area contributed by atoms with Crippen LogP contribution in [-0.2, 0) is 9.84 Å². The van der Waals surface area contributed by atoms with E-state index in [4.69, 9.17) is 0 Å². The highest BCUT2D eigenvalue weighted by Gasteiger charge is 2.34. The lowest BCUT2D eigenvalue weighted by molar-refractivity contribution is 0.303. The summed E-state index contributed by atoms with van der Waals surface area (Å²) in [5, 5.41) is 3.65. The number of aromatic nitrogens is 2. The van der Waals surface area contributed by atoms with E-state index >= 15 is 0 Å². The van der Waals surface area contributed by atoms with Crippen LogP contribution in [0, 0.1) is 0 Å². The van der Waals surface area contributed by atoms with E-state index in [1.807, 2.05) is 12.4 Å². The largest absolute Gasteiger partial charge is 0.327 e. The molecule has 0 spiro atoms. The molecule has 2 unspecified atom stereocenters. The molecule has 6 heteroatoms. The first-order valence-corrected chi connectivity index (χ1v) is 9.32.